The Hall–Kier alpha value is -1.06. The van der Waals surface area contributed by atoms with E-state index in [1.54, 1.807) is 12.1 Å². The van der Waals surface area contributed by atoms with E-state index in [4.69, 9.17) is 27.9 Å². The minimum atomic E-state index is -1.04. The van der Waals surface area contributed by atoms with Gasteiger partial charge < -0.3 is 9.53 Å². The predicted octanol–water partition coefficient (Wildman–Crippen LogP) is 3.17. The standard InChI is InChI=1S/C12H12Cl2O3/c1-12(2,7-15)11(16)6-17-10-4-3-8(13)5-9(10)14/h3-5,7H,6H2,1-2H3. The number of hydrogen-bond donors (Lipinski definition) is 0. The van der Waals surface area contributed by atoms with Crippen LogP contribution in [0.3, 0.4) is 0 Å². The van der Waals surface area contributed by atoms with Crippen LogP contribution >= 0.6 is 23.2 Å². The van der Waals surface area contributed by atoms with Gasteiger partial charge in [-0.25, -0.2) is 0 Å². The summed E-state index contributed by atoms with van der Waals surface area (Å²) in [5.41, 5.74) is -1.04. The molecule has 0 N–H and O–H groups in total. The maximum absolute atomic E-state index is 11.6. The van der Waals surface area contributed by atoms with Crippen molar-refractivity contribution < 1.29 is 14.3 Å². The van der Waals surface area contributed by atoms with Crippen LogP contribution in [0.2, 0.25) is 10.0 Å². The van der Waals surface area contributed by atoms with Gasteiger partial charge in [-0.15, -0.1) is 0 Å². The topological polar surface area (TPSA) is 43.4 Å². The van der Waals surface area contributed by atoms with Gasteiger partial charge in [-0.05, 0) is 32.0 Å². The molecule has 0 unspecified atom stereocenters. The molecule has 0 aliphatic heterocycles. The minimum Gasteiger partial charge on any atom is -0.484 e. The molecule has 0 aliphatic rings. The first-order valence-corrected chi connectivity index (χ1v) is 5.70. The monoisotopic (exact) mass is 274 g/mol. The Kier molecular flexibility index (Phi) is 4.54. The van der Waals surface area contributed by atoms with Gasteiger partial charge in [0.15, 0.2) is 5.78 Å². The molecule has 0 spiro atoms. The summed E-state index contributed by atoms with van der Waals surface area (Å²) in [6.45, 7) is 2.87. The van der Waals surface area contributed by atoms with Gasteiger partial charge in [0.25, 0.3) is 0 Å². The largest absolute Gasteiger partial charge is 0.484 e. The molecule has 0 saturated carbocycles. The zero-order chi connectivity index (χ0) is 13.1. The lowest BCUT2D eigenvalue weighted by molar-refractivity contribution is -0.134. The van der Waals surface area contributed by atoms with E-state index < -0.39 is 5.41 Å². The highest BCUT2D eigenvalue weighted by molar-refractivity contribution is 6.35. The third-order valence-corrected chi connectivity index (χ3v) is 2.80. The second-order valence-corrected chi connectivity index (χ2v) is 4.97. The third kappa shape index (κ3) is 3.72. The van der Waals surface area contributed by atoms with Crippen molar-refractivity contribution in [3.8, 4) is 5.75 Å². The average Bonchev–Trinajstić information content (AvgIpc) is 2.27. The highest BCUT2D eigenvalue weighted by Gasteiger charge is 2.27. The summed E-state index contributed by atoms with van der Waals surface area (Å²) in [5, 5.41) is 0.816. The molecule has 0 atom stereocenters. The number of rotatable bonds is 5. The number of ether oxygens (including phenoxy) is 1. The van der Waals surface area contributed by atoms with Crippen molar-refractivity contribution in [2.24, 2.45) is 5.41 Å². The number of aldehydes is 1. The fraction of sp³-hybridized carbons (Fsp3) is 0.333. The molecule has 1 aromatic rings. The first kappa shape index (κ1) is 14.0. The molecule has 0 heterocycles. The molecule has 0 saturated heterocycles. The summed E-state index contributed by atoms with van der Waals surface area (Å²) in [4.78, 5) is 22.3. The van der Waals surface area contributed by atoms with Gasteiger partial charge in [-0.2, -0.15) is 0 Å². The van der Waals surface area contributed by atoms with Gasteiger partial charge in [0.1, 0.15) is 18.6 Å². The molecule has 5 heteroatoms. The normalized spacial score (nSPS) is 11.1. The lowest BCUT2D eigenvalue weighted by atomic mass is 9.90. The van der Waals surface area contributed by atoms with Gasteiger partial charge >= 0.3 is 0 Å². The fourth-order valence-electron chi connectivity index (χ4n) is 0.987. The van der Waals surface area contributed by atoms with Crippen molar-refractivity contribution in [3.05, 3.63) is 28.2 Å². The van der Waals surface area contributed by atoms with E-state index in [1.165, 1.54) is 19.9 Å². The second-order valence-electron chi connectivity index (χ2n) is 4.13. The maximum atomic E-state index is 11.6. The lowest BCUT2D eigenvalue weighted by Gasteiger charge is -2.15. The maximum Gasteiger partial charge on any atom is 0.182 e. The summed E-state index contributed by atoms with van der Waals surface area (Å²) in [6.07, 6.45) is 0.599. The molecule has 1 rings (SSSR count). The number of Topliss-reactive ketones (excluding diaryl/α,β-unsaturated/α-hetero) is 1. The molecule has 0 radical (unpaired) electrons. The van der Waals surface area contributed by atoms with Crippen LogP contribution < -0.4 is 4.74 Å². The molecule has 0 aromatic heterocycles. The number of benzene rings is 1. The molecular weight excluding hydrogens is 263 g/mol. The molecule has 17 heavy (non-hydrogen) atoms. The first-order valence-electron chi connectivity index (χ1n) is 4.94. The molecule has 92 valence electrons. The van der Waals surface area contributed by atoms with Crippen LogP contribution in [0.1, 0.15) is 13.8 Å². The molecule has 0 amide bonds. The summed E-state index contributed by atoms with van der Waals surface area (Å²) in [5.74, 6) is 0.0598. The quantitative estimate of drug-likeness (QED) is 0.612. The first-order chi connectivity index (χ1) is 7.86. The van der Waals surface area contributed by atoms with E-state index in [0.717, 1.165) is 0 Å². The SMILES string of the molecule is CC(C)(C=O)C(=O)COc1ccc(Cl)cc1Cl. The van der Waals surface area contributed by atoms with Crippen molar-refractivity contribution in [2.75, 3.05) is 6.61 Å². The Balaban J connectivity index is 2.68. The van der Waals surface area contributed by atoms with Gasteiger partial charge in [0.05, 0.1) is 10.4 Å². The van der Waals surface area contributed by atoms with Crippen LogP contribution in [0, 0.1) is 5.41 Å². The van der Waals surface area contributed by atoms with Crippen LogP contribution in [0.15, 0.2) is 18.2 Å². The van der Waals surface area contributed by atoms with Gasteiger partial charge in [-0.1, -0.05) is 23.2 Å². The van der Waals surface area contributed by atoms with Gasteiger partial charge in [0.2, 0.25) is 0 Å². The third-order valence-electron chi connectivity index (χ3n) is 2.27. The van der Waals surface area contributed by atoms with Crippen LogP contribution in [0.4, 0.5) is 0 Å². The van der Waals surface area contributed by atoms with E-state index in [-0.39, 0.29) is 12.4 Å². The summed E-state index contributed by atoms with van der Waals surface area (Å²) in [6, 6.07) is 4.71. The van der Waals surface area contributed by atoms with Crippen molar-refractivity contribution in [1.82, 2.24) is 0 Å². The van der Waals surface area contributed by atoms with Crippen molar-refractivity contribution >= 4 is 35.3 Å². The smallest absolute Gasteiger partial charge is 0.182 e. The Labute approximate surface area is 110 Å². The predicted molar refractivity (Wildman–Crippen MR) is 66.8 cm³/mol. The highest BCUT2D eigenvalue weighted by atomic mass is 35.5. The Morgan fingerprint density at radius 2 is 2.06 bits per heavy atom. The molecule has 1 aromatic carbocycles. The van der Waals surface area contributed by atoms with E-state index in [2.05, 4.69) is 0 Å². The lowest BCUT2D eigenvalue weighted by Crippen LogP contribution is -2.30. The van der Waals surface area contributed by atoms with Gasteiger partial charge in [0, 0.05) is 5.02 Å². The average molecular weight is 275 g/mol. The Morgan fingerprint density at radius 3 is 2.59 bits per heavy atom. The van der Waals surface area contributed by atoms with Crippen LogP contribution in [-0.2, 0) is 9.59 Å². The van der Waals surface area contributed by atoms with E-state index in [0.29, 0.717) is 22.1 Å². The molecule has 0 fully saturated rings. The van der Waals surface area contributed by atoms with Crippen molar-refractivity contribution in [1.29, 1.82) is 0 Å². The van der Waals surface area contributed by atoms with Crippen molar-refractivity contribution in [2.45, 2.75) is 13.8 Å². The van der Waals surface area contributed by atoms with E-state index in [1.807, 2.05) is 0 Å². The molecule has 0 bridgehead atoms. The van der Waals surface area contributed by atoms with Crippen molar-refractivity contribution in [3.63, 3.8) is 0 Å². The Morgan fingerprint density at radius 1 is 1.41 bits per heavy atom. The molecule has 0 aliphatic carbocycles. The van der Waals surface area contributed by atoms with Gasteiger partial charge in [-0.3, -0.25) is 4.79 Å². The second kappa shape index (κ2) is 5.52. The molecule has 3 nitrogen and oxygen atoms in total. The summed E-state index contributed by atoms with van der Waals surface area (Å²) < 4.78 is 5.24. The zero-order valence-electron chi connectivity index (χ0n) is 9.50. The minimum absolute atomic E-state index is 0.201. The van der Waals surface area contributed by atoms with Crippen LogP contribution in [-0.4, -0.2) is 18.7 Å². The number of carbonyl (C=O) groups excluding carboxylic acids is 2. The zero-order valence-corrected chi connectivity index (χ0v) is 11.0. The molecular formula is C12H12Cl2O3. The number of carbonyl (C=O) groups is 2. The van der Waals surface area contributed by atoms with E-state index >= 15 is 0 Å². The fourth-order valence-corrected chi connectivity index (χ4v) is 1.45. The summed E-state index contributed by atoms with van der Waals surface area (Å²) >= 11 is 11.6. The van der Waals surface area contributed by atoms with Crippen LogP contribution in [0.5, 0.6) is 5.75 Å². The number of hydrogen-bond acceptors (Lipinski definition) is 3. The number of ketones is 1. The summed E-state index contributed by atoms with van der Waals surface area (Å²) in [7, 11) is 0. The number of halogens is 2. The van der Waals surface area contributed by atoms with Crippen LogP contribution in [0.25, 0.3) is 0 Å². The highest BCUT2D eigenvalue weighted by Crippen LogP contribution is 2.27. The van der Waals surface area contributed by atoms with E-state index in [9.17, 15) is 9.59 Å². The Bertz CT molecular complexity index is 441.